The molecule has 0 spiro atoms. The lowest BCUT2D eigenvalue weighted by Crippen LogP contribution is -2.13. The van der Waals surface area contributed by atoms with Crippen LogP contribution in [0.1, 0.15) is 20.7 Å². The molecule has 0 aromatic heterocycles. The molecule has 0 aliphatic heterocycles. The fourth-order valence-electron chi connectivity index (χ4n) is 1.52. The summed E-state index contributed by atoms with van der Waals surface area (Å²) in [5.41, 5.74) is -0.276. The molecule has 0 aliphatic carbocycles. The van der Waals surface area contributed by atoms with Gasteiger partial charge < -0.3 is 14.9 Å². The normalized spacial score (nSPS) is 9.89. The molecule has 0 radical (unpaired) electrons. The topological polar surface area (TPSA) is 86.7 Å². The molecule has 1 N–H and O–H groups in total. The van der Waals surface area contributed by atoms with Gasteiger partial charge in [-0.1, -0.05) is 36.1 Å². The van der Waals surface area contributed by atoms with Crippen molar-refractivity contribution in [3.05, 3.63) is 59.7 Å². The smallest absolute Gasteiger partial charge is 0.342 e. The minimum Gasteiger partial charge on any atom is -0.872 e. The maximum Gasteiger partial charge on any atom is 0.342 e. The zero-order valence-electron chi connectivity index (χ0n) is 9.70. The van der Waals surface area contributed by atoms with Gasteiger partial charge in [0, 0.05) is 0 Å². The lowest BCUT2D eigenvalue weighted by atomic mass is 10.2. The van der Waals surface area contributed by atoms with E-state index in [-0.39, 0.29) is 16.9 Å². The number of aromatic carboxylic acids is 1. The van der Waals surface area contributed by atoms with E-state index in [1.165, 1.54) is 48.5 Å². The highest BCUT2D eigenvalue weighted by atomic mass is 16.5. The molecule has 2 aromatic carbocycles. The van der Waals surface area contributed by atoms with Crippen molar-refractivity contribution in [2.45, 2.75) is 0 Å². The van der Waals surface area contributed by atoms with Gasteiger partial charge in [-0.2, -0.15) is 0 Å². The number of carbonyl (C=O) groups excluding carboxylic acids is 1. The Morgan fingerprint density at radius 1 is 0.947 bits per heavy atom. The second kappa shape index (κ2) is 5.22. The molecule has 0 aliphatic rings. The summed E-state index contributed by atoms with van der Waals surface area (Å²) in [6.45, 7) is 0. The van der Waals surface area contributed by atoms with Crippen LogP contribution in [-0.4, -0.2) is 17.0 Å². The number of benzene rings is 2. The second-order valence-corrected chi connectivity index (χ2v) is 3.69. The van der Waals surface area contributed by atoms with E-state index in [1.54, 1.807) is 0 Å². The van der Waals surface area contributed by atoms with Crippen molar-refractivity contribution in [1.82, 2.24) is 0 Å². The molecule has 0 bridgehead atoms. The van der Waals surface area contributed by atoms with Crippen molar-refractivity contribution in [3.8, 4) is 11.5 Å². The SMILES string of the molecule is O=C(Oc1ccccc1C(=O)O)c1ccccc1[O-]. The Bertz CT molecular complexity index is 633. The molecule has 0 unspecified atom stereocenters. The van der Waals surface area contributed by atoms with Crippen molar-refractivity contribution in [2.24, 2.45) is 0 Å². The van der Waals surface area contributed by atoms with E-state index < -0.39 is 17.7 Å². The summed E-state index contributed by atoms with van der Waals surface area (Å²) in [6, 6.07) is 11.3. The average Bonchev–Trinajstić information content (AvgIpc) is 2.39. The number of ether oxygens (including phenoxy) is 1. The predicted octanol–water partition coefficient (Wildman–Crippen LogP) is 1.68. The van der Waals surface area contributed by atoms with Crippen molar-refractivity contribution in [3.63, 3.8) is 0 Å². The molecule has 2 aromatic rings. The Kier molecular flexibility index (Phi) is 3.47. The van der Waals surface area contributed by atoms with Crippen LogP contribution in [0.3, 0.4) is 0 Å². The van der Waals surface area contributed by atoms with Crippen LogP contribution in [-0.2, 0) is 0 Å². The number of carbonyl (C=O) groups is 2. The molecule has 96 valence electrons. The van der Waals surface area contributed by atoms with Crippen LogP contribution in [0.5, 0.6) is 11.5 Å². The van der Waals surface area contributed by atoms with E-state index >= 15 is 0 Å². The van der Waals surface area contributed by atoms with E-state index in [9.17, 15) is 14.7 Å². The third kappa shape index (κ3) is 2.71. The molecule has 0 saturated carbocycles. The lowest BCUT2D eigenvalue weighted by Gasteiger charge is -2.12. The number of rotatable bonds is 3. The summed E-state index contributed by atoms with van der Waals surface area (Å²) in [7, 11) is 0. The van der Waals surface area contributed by atoms with Crippen LogP contribution in [0.15, 0.2) is 48.5 Å². The fourth-order valence-corrected chi connectivity index (χ4v) is 1.52. The van der Waals surface area contributed by atoms with Gasteiger partial charge in [0.25, 0.3) is 0 Å². The van der Waals surface area contributed by atoms with Crippen LogP contribution in [0.2, 0.25) is 0 Å². The standard InChI is InChI=1S/C14H10O5/c15-11-7-3-1-5-9(11)14(18)19-12-8-4-2-6-10(12)13(16)17/h1-8,15H,(H,16,17)/p-1. The first-order valence-electron chi connectivity index (χ1n) is 5.40. The van der Waals surface area contributed by atoms with Crippen LogP contribution < -0.4 is 9.84 Å². The first-order valence-corrected chi connectivity index (χ1v) is 5.40. The van der Waals surface area contributed by atoms with E-state index in [0.29, 0.717) is 0 Å². The van der Waals surface area contributed by atoms with Crippen molar-refractivity contribution in [1.29, 1.82) is 0 Å². The van der Waals surface area contributed by atoms with Crippen molar-refractivity contribution in [2.75, 3.05) is 0 Å². The summed E-state index contributed by atoms with van der Waals surface area (Å²) >= 11 is 0. The number of hydrogen-bond acceptors (Lipinski definition) is 4. The van der Waals surface area contributed by atoms with Crippen LogP contribution >= 0.6 is 0 Å². The Morgan fingerprint density at radius 3 is 2.16 bits per heavy atom. The van der Waals surface area contributed by atoms with Gasteiger partial charge in [-0.05, 0) is 18.2 Å². The fraction of sp³-hybridized carbons (Fsp3) is 0. The molecule has 2 rings (SSSR count). The second-order valence-electron chi connectivity index (χ2n) is 3.69. The minimum atomic E-state index is -1.21. The molecular weight excluding hydrogens is 248 g/mol. The largest absolute Gasteiger partial charge is 0.872 e. The zero-order chi connectivity index (χ0) is 13.8. The monoisotopic (exact) mass is 257 g/mol. The van der Waals surface area contributed by atoms with E-state index in [1.807, 2.05) is 0 Å². The van der Waals surface area contributed by atoms with Crippen LogP contribution in [0, 0.1) is 0 Å². The highest BCUT2D eigenvalue weighted by Crippen LogP contribution is 2.21. The zero-order valence-corrected chi connectivity index (χ0v) is 9.70. The van der Waals surface area contributed by atoms with Crippen LogP contribution in [0.25, 0.3) is 0 Å². The first-order chi connectivity index (χ1) is 9.09. The third-order valence-corrected chi connectivity index (χ3v) is 2.43. The maximum absolute atomic E-state index is 11.8. The Hall–Kier alpha value is -2.82. The van der Waals surface area contributed by atoms with Gasteiger partial charge in [0.1, 0.15) is 11.3 Å². The molecule has 0 amide bonds. The summed E-state index contributed by atoms with van der Waals surface area (Å²) in [4.78, 5) is 22.7. The van der Waals surface area contributed by atoms with Gasteiger partial charge in [-0.15, -0.1) is 0 Å². The molecule has 5 nitrogen and oxygen atoms in total. The van der Waals surface area contributed by atoms with Gasteiger partial charge in [0.2, 0.25) is 0 Å². The van der Waals surface area contributed by atoms with E-state index in [4.69, 9.17) is 9.84 Å². The highest BCUT2D eigenvalue weighted by Gasteiger charge is 2.15. The molecule has 0 heterocycles. The van der Waals surface area contributed by atoms with Gasteiger partial charge in [0.05, 0.1) is 5.56 Å². The van der Waals surface area contributed by atoms with Gasteiger partial charge in [-0.25, -0.2) is 9.59 Å². The molecule has 0 atom stereocenters. The molecule has 0 fully saturated rings. The Labute approximate surface area is 108 Å². The lowest BCUT2D eigenvalue weighted by molar-refractivity contribution is -0.268. The van der Waals surface area contributed by atoms with Gasteiger partial charge in [0.15, 0.2) is 0 Å². The number of para-hydroxylation sites is 2. The molecule has 19 heavy (non-hydrogen) atoms. The number of hydrogen-bond donors (Lipinski definition) is 1. The summed E-state index contributed by atoms with van der Waals surface area (Å²) in [6.07, 6.45) is 0. The Balaban J connectivity index is 2.30. The quantitative estimate of drug-likeness (QED) is 0.667. The maximum atomic E-state index is 11.8. The first kappa shape index (κ1) is 12.6. The third-order valence-electron chi connectivity index (χ3n) is 2.43. The Morgan fingerprint density at radius 2 is 1.53 bits per heavy atom. The summed E-state index contributed by atoms with van der Waals surface area (Å²) in [5.74, 6) is -2.65. The molecular formula is C14H9O5-. The van der Waals surface area contributed by atoms with Gasteiger partial charge >= 0.3 is 11.9 Å². The van der Waals surface area contributed by atoms with Crippen LogP contribution in [0.4, 0.5) is 0 Å². The van der Waals surface area contributed by atoms with E-state index in [2.05, 4.69) is 0 Å². The number of carboxylic acids is 1. The highest BCUT2D eigenvalue weighted by molar-refractivity contribution is 5.96. The minimum absolute atomic E-state index is 0.0942. The summed E-state index contributed by atoms with van der Waals surface area (Å²) in [5, 5.41) is 20.4. The molecule has 5 heteroatoms. The van der Waals surface area contributed by atoms with Crippen molar-refractivity contribution >= 4 is 11.9 Å². The number of carboxylic acid groups (broad SMARTS) is 1. The van der Waals surface area contributed by atoms with E-state index in [0.717, 1.165) is 0 Å². The van der Waals surface area contributed by atoms with Crippen molar-refractivity contribution < 1.29 is 24.5 Å². The summed E-state index contributed by atoms with van der Waals surface area (Å²) < 4.78 is 4.95. The number of esters is 1. The average molecular weight is 257 g/mol. The predicted molar refractivity (Wildman–Crippen MR) is 64.2 cm³/mol. The molecule has 0 saturated heterocycles. The van der Waals surface area contributed by atoms with Gasteiger partial charge in [-0.3, -0.25) is 0 Å².